The minimum Gasteiger partial charge on any atom is -0.497 e. The highest BCUT2D eigenvalue weighted by molar-refractivity contribution is 5.79. The molecule has 0 amide bonds. The van der Waals surface area contributed by atoms with Crippen LogP contribution < -0.4 is 9.47 Å². The second-order valence-corrected chi connectivity index (χ2v) is 4.09. The van der Waals surface area contributed by atoms with Crippen LogP contribution in [0, 0.1) is 10.1 Å². The van der Waals surface area contributed by atoms with Crippen molar-refractivity contribution >= 4 is 12.0 Å². The standard InChI is InChI=1S/C14H17NO7/c1-4-22-14(17)13(16)11(15(18)19)7-9-5-6-10(20-2)8-12(9)21-3/h5-8,13,16H,4H2,1-3H3/b11-7+. The van der Waals surface area contributed by atoms with Crippen LogP contribution in [0.1, 0.15) is 12.5 Å². The Morgan fingerprint density at radius 1 is 1.41 bits per heavy atom. The van der Waals surface area contributed by atoms with E-state index in [4.69, 9.17) is 9.47 Å². The van der Waals surface area contributed by atoms with E-state index in [0.29, 0.717) is 17.1 Å². The fourth-order valence-electron chi connectivity index (χ4n) is 1.67. The average molecular weight is 311 g/mol. The molecule has 120 valence electrons. The van der Waals surface area contributed by atoms with Gasteiger partial charge in [0, 0.05) is 17.7 Å². The number of rotatable bonds is 7. The van der Waals surface area contributed by atoms with Crippen LogP contribution in [0.2, 0.25) is 0 Å². The van der Waals surface area contributed by atoms with Crippen molar-refractivity contribution in [1.29, 1.82) is 0 Å². The van der Waals surface area contributed by atoms with Crippen LogP contribution in [-0.2, 0) is 9.53 Å². The molecular formula is C14H17NO7. The van der Waals surface area contributed by atoms with Crippen molar-refractivity contribution in [2.75, 3.05) is 20.8 Å². The smallest absolute Gasteiger partial charge is 0.346 e. The van der Waals surface area contributed by atoms with Crippen LogP contribution in [0.5, 0.6) is 11.5 Å². The minimum absolute atomic E-state index is 0.00669. The van der Waals surface area contributed by atoms with Crippen molar-refractivity contribution in [2.45, 2.75) is 13.0 Å². The van der Waals surface area contributed by atoms with Crippen LogP contribution in [0.3, 0.4) is 0 Å². The third-order valence-corrected chi connectivity index (χ3v) is 2.74. The number of hydrogen-bond donors (Lipinski definition) is 1. The zero-order chi connectivity index (χ0) is 16.7. The van der Waals surface area contributed by atoms with Crippen LogP contribution in [-0.4, -0.2) is 42.9 Å². The molecule has 0 bridgehead atoms. The van der Waals surface area contributed by atoms with Gasteiger partial charge in [0.1, 0.15) is 11.5 Å². The summed E-state index contributed by atoms with van der Waals surface area (Å²) in [6, 6.07) is 4.61. The number of esters is 1. The number of aliphatic hydroxyl groups is 1. The number of benzene rings is 1. The number of methoxy groups -OCH3 is 2. The third-order valence-electron chi connectivity index (χ3n) is 2.74. The summed E-state index contributed by atoms with van der Waals surface area (Å²) in [5, 5.41) is 20.8. The van der Waals surface area contributed by atoms with Gasteiger partial charge in [-0.15, -0.1) is 0 Å². The molecular weight excluding hydrogens is 294 g/mol. The third kappa shape index (κ3) is 4.19. The van der Waals surface area contributed by atoms with E-state index in [1.165, 1.54) is 33.3 Å². The van der Waals surface area contributed by atoms with E-state index in [9.17, 15) is 20.0 Å². The summed E-state index contributed by atoms with van der Waals surface area (Å²) >= 11 is 0. The number of carbonyl (C=O) groups is 1. The molecule has 1 unspecified atom stereocenters. The van der Waals surface area contributed by atoms with Crippen LogP contribution >= 0.6 is 0 Å². The number of carbonyl (C=O) groups excluding carboxylic acids is 1. The van der Waals surface area contributed by atoms with E-state index >= 15 is 0 Å². The van der Waals surface area contributed by atoms with Crippen molar-refractivity contribution in [1.82, 2.24) is 0 Å². The molecule has 22 heavy (non-hydrogen) atoms. The van der Waals surface area contributed by atoms with Gasteiger partial charge in [0.2, 0.25) is 6.10 Å². The highest BCUT2D eigenvalue weighted by Crippen LogP contribution is 2.27. The second kappa shape index (κ2) is 7.99. The monoisotopic (exact) mass is 311 g/mol. The van der Waals surface area contributed by atoms with Gasteiger partial charge >= 0.3 is 5.97 Å². The summed E-state index contributed by atoms with van der Waals surface area (Å²) < 4.78 is 14.7. The topological polar surface area (TPSA) is 108 Å². The van der Waals surface area contributed by atoms with Gasteiger partial charge in [0.15, 0.2) is 0 Å². The Bertz CT molecular complexity index is 583. The lowest BCUT2D eigenvalue weighted by Crippen LogP contribution is -2.28. The molecule has 8 nitrogen and oxygen atoms in total. The van der Waals surface area contributed by atoms with Gasteiger partial charge in [-0.1, -0.05) is 0 Å². The molecule has 0 aliphatic rings. The van der Waals surface area contributed by atoms with E-state index < -0.39 is 22.7 Å². The first kappa shape index (κ1) is 17.4. The summed E-state index contributed by atoms with van der Waals surface area (Å²) in [7, 11) is 2.86. The summed E-state index contributed by atoms with van der Waals surface area (Å²) in [5.74, 6) is -0.282. The van der Waals surface area contributed by atoms with Crippen LogP contribution in [0.4, 0.5) is 0 Å². The maximum absolute atomic E-state index is 11.5. The Morgan fingerprint density at radius 3 is 2.59 bits per heavy atom. The molecule has 0 radical (unpaired) electrons. The maximum Gasteiger partial charge on any atom is 0.346 e. The lowest BCUT2D eigenvalue weighted by molar-refractivity contribution is -0.432. The van der Waals surface area contributed by atoms with E-state index in [1.54, 1.807) is 6.07 Å². The zero-order valence-electron chi connectivity index (χ0n) is 12.4. The Labute approximate surface area is 127 Å². The molecule has 1 N–H and O–H groups in total. The highest BCUT2D eigenvalue weighted by atomic mass is 16.6. The fourth-order valence-corrected chi connectivity index (χ4v) is 1.67. The molecule has 1 atom stereocenters. The Kier molecular flexibility index (Phi) is 6.33. The minimum atomic E-state index is -1.98. The van der Waals surface area contributed by atoms with Crippen molar-refractivity contribution in [2.24, 2.45) is 0 Å². The summed E-state index contributed by atoms with van der Waals surface area (Å²) in [6.45, 7) is 1.54. The molecule has 1 rings (SSSR count). The Morgan fingerprint density at radius 2 is 2.09 bits per heavy atom. The van der Waals surface area contributed by atoms with Gasteiger partial charge in [-0.2, -0.15) is 0 Å². The maximum atomic E-state index is 11.5. The Hall–Kier alpha value is -2.61. The summed E-state index contributed by atoms with van der Waals surface area (Å²) in [4.78, 5) is 21.7. The van der Waals surface area contributed by atoms with Gasteiger partial charge in [0.05, 0.1) is 25.7 Å². The van der Waals surface area contributed by atoms with E-state index in [1.807, 2.05) is 0 Å². The molecule has 8 heteroatoms. The van der Waals surface area contributed by atoms with Crippen molar-refractivity contribution in [3.05, 3.63) is 39.6 Å². The normalized spacial score (nSPS) is 12.5. The van der Waals surface area contributed by atoms with Crippen molar-refractivity contribution < 1.29 is 29.0 Å². The predicted octanol–water partition coefficient (Wildman–Crippen LogP) is 1.25. The Balaban J connectivity index is 3.24. The quantitative estimate of drug-likeness (QED) is 0.458. The van der Waals surface area contributed by atoms with E-state index in [0.717, 1.165) is 6.08 Å². The molecule has 0 aliphatic carbocycles. The molecule has 0 aromatic heterocycles. The summed E-state index contributed by atoms with van der Waals surface area (Å²) in [6.07, 6.45) is -0.929. The number of nitrogens with zero attached hydrogens (tertiary/aromatic N) is 1. The average Bonchev–Trinajstić information content (AvgIpc) is 2.51. The van der Waals surface area contributed by atoms with Gasteiger partial charge in [-0.05, 0) is 19.1 Å². The van der Waals surface area contributed by atoms with Crippen molar-refractivity contribution in [3.63, 3.8) is 0 Å². The van der Waals surface area contributed by atoms with Crippen molar-refractivity contribution in [3.8, 4) is 11.5 Å². The lowest BCUT2D eigenvalue weighted by atomic mass is 10.1. The molecule has 1 aromatic rings. The molecule has 1 aromatic carbocycles. The largest absolute Gasteiger partial charge is 0.497 e. The van der Waals surface area contributed by atoms with Gasteiger partial charge in [-0.25, -0.2) is 4.79 Å². The zero-order valence-corrected chi connectivity index (χ0v) is 12.4. The highest BCUT2D eigenvalue weighted by Gasteiger charge is 2.31. The number of nitro groups is 1. The molecule has 0 spiro atoms. The molecule has 0 aliphatic heterocycles. The molecule has 0 saturated carbocycles. The lowest BCUT2D eigenvalue weighted by Gasteiger charge is -2.10. The molecule has 0 fully saturated rings. The fraction of sp³-hybridized carbons (Fsp3) is 0.357. The van der Waals surface area contributed by atoms with Crippen LogP contribution in [0.15, 0.2) is 23.9 Å². The number of ether oxygens (including phenoxy) is 3. The first-order valence-corrected chi connectivity index (χ1v) is 6.37. The molecule has 0 saturated heterocycles. The summed E-state index contributed by atoms with van der Waals surface area (Å²) in [5.41, 5.74) is -0.389. The van der Waals surface area contributed by atoms with Crippen LogP contribution in [0.25, 0.3) is 6.08 Å². The molecule has 0 heterocycles. The van der Waals surface area contributed by atoms with E-state index in [-0.39, 0.29) is 6.61 Å². The van der Waals surface area contributed by atoms with Gasteiger partial charge in [0.25, 0.3) is 5.70 Å². The predicted molar refractivity (Wildman–Crippen MR) is 77.2 cm³/mol. The number of aliphatic hydroxyl groups excluding tert-OH is 1. The van der Waals surface area contributed by atoms with Gasteiger partial charge in [-0.3, -0.25) is 10.1 Å². The second-order valence-electron chi connectivity index (χ2n) is 4.09. The number of hydrogen-bond acceptors (Lipinski definition) is 7. The first-order valence-electron chi connectivity index (χ1n) is 6.37. The van der Waals surface area contributed by atoms with Gasteiger partial charge < -0.3 is 19.3 Å². The van der Waals surface area contributed by atoms with E-state index in [2.05, 4.69) is 4.74 Å². The first-order chi connectivity index (χ1) is 10.4. The SMILES string of the molecule is CCOC(=O)C(O)/C(=C\c1ccc(OC)cc1OC)[N+](=O)[O-].